The molecule has 0 radical (unpaired) electrons. The molecule has 2 N–H and O–H groups in total. The van der Waals surface area contributed by atoms with Crippen LogP contribution in [0.3, 0.4) is 0 Å². The van der Waals surface area contributed by atoms with Crippen LogP contribution in [-0.2, 0) is 14.3 Å². The van der Waals surface area contributed by atoms with Gasteiger partial charge in [0.25, 0.3) is 0 Å². The summed E-state index contributed by atoms with van der Waals surface area (Å²) in [5.74, 6) is 0.601. The predicted octanol–water partition coefficient (Wildman–Crippen LogP) is 1.58. The van der Waals surface area contributed by atoms with Gasteiger partial charge in [0.2, 0.25) is 0 Å². The summed E-state index contributed by atoms with van der Waals surface area (Å²) in [4.78, 5) is 11.5. The van der Waals surface area contributed by atoms with E-state index in [2.05, 4.69) is 13.8 Å². The van der Waals surface area contributed by atoms with Crippen LogP contribution in [0, 0.1) is 11.8 Å². The molecular formula is C12H25NO3. The van der Waals surface area contributed by atoms with Crippen molar-refractivity contribution in [2.24, 2.45) is 17.6 Å². The van der Waals surface area contributed by atoms with E-state index in [1.807, 2.05) is 6.92 Å². The molecule has 4 nitrogen and oxygen atoms in total. The van der Waals surface area contributed by atoms with Gasteiger partial charge in [-0.1, -0.05) is 13.8 Å². The second-order valence-corrected chi connectivity index (χ2v) is 4.66. The number of nitrogens with two attached hydrogens (primary N) is 1. The Labute approximate surface area is 98.5 Å². The molecule has 0 aromatic heterocycles. The van der Waals surface area contributed by atoms with E-state index in [1.54, 1.807) is 7.11 Å². The second-order valence-electron chi connectivity index (χ2n) is 4.66. The lowest BCUT2D eigenvalue weighted by Gasteiger charge is -2.17. The normalized spacial score (nSPS) is 14.9. The Morgan fingerprint density at radius 3 is 2.38 bits per heavy atom. The van der Waals surface area contributed by atoms with Crippen LogP contribution < -0.4 is 5.73 Å². The van der Waals surface area contributed by atoms with Gasteiger partial charge in [-0.05, 0) is 31.7 Å². The van der Waals surface area contributed by atoms with Crippen LogP contribution in [0.25, 0.3) is 0 Å². The third-order valence-electron chi connectivity index (χ3n) is 2.47. The first-order valence-electron chi connectivity index (χ1n) is 5.88. The van der Waals surface area contributed by atoms with Gasteiger partial charge in [0.1, 0.15) is 6.61 Å². The topological polar surface area (TPSA) is 61.5 Å². The van der Waals surface area contributed by atoms with E-state index in [0.29, 0.717) is 25.5 Å². The van der Waals surface area contributed by atoms with Gasteiger partial charge >= 0.3 is 5.97 Å². The molecule has 0 spiro atoms. The third-order valence-corrected chi connectivity index (χ3v) is 2.47. The molecule has 0 saturated heterocycles. The molecule has 0 rings (SSSR count). The van der Waals surface area contributed by atoms with Crippen LogP contribution in [0.15, 0.2) is 0 Å². The van der Waals surface area contributed by atoms with Crippen molar-refractivity contribution in [1.82, 2.24) is 0 Å². The summed E-state index contributed by atoms with van der Waals surface area (Å²) in [6.45, 7) is 6.96. The van der Waals surface area contributed by atoms with E-state index in [9.17, 15) is 4.79 Å². The summed E-state index contributed by atoms with van der Waals surface area (Å²) in [6, 6.07) is 0. The predicted molar refractivity (Wildman–Crippen MR) is 64.0 cm³/mol. The quantitative estimate of drug-likeness (QED) is 0.644. The highest BCUT2D eigenvalue weighted by molar-refractivity contribution is 5.69. The number of esters is 1. The zero-order valence-electron chi connectivity index (χ0n) is 10.9. The average Bonchev–Trinajstić information content (AvgIpc) is 2.24. The van der Waals surface area contributed by atoms with Crippen molar-refractivity contribution in [3.8, 4) is 0 Å². The van der Waals surface area contributed by atoms with Gasteiger partial charge in [-0.15, -0.1) is 0 Å². The molecule has 0 heterocycles. The SMILES string of the molecule is CO[C@H](C)COC(=O)C[C@@H](CN)CC(C)C. The number of ether oxygens (including phenoxy) is 2. The minimum atomic E-state index is -0.181. The monoisotopic (exact) mass is 231 g/mol. The Morgan fingerprint density at radius 2 is 1.94 bits per heavy atom. The molecule has 96 valence electrons. The molecule has 0 amide bonds. The zero-order valence-corrected chi connectivity index (χ0v) is 10.9. The van der Waals surface area contributed by atoms with Crippen LogP contribution in [0.1, 0.15) is 33.6 Å². The van der Waals surface area contributed by atoms with Crippen molar-refractivity contribution in [3.63, 3.8) is 0 Å². The first-order valence-corrected chi connectivity index (χ1v) is 5.88. The van der Waals surface area contributed by atoms with E-state index >= 15 is 0 Å². The first kappa shape index (κ1) is 15.4. The molecule has 0 aliphatic carbocycles. The van der Waals surface area contributed by atoms with Crippen LogP contribution in [-0.4, -0.2) is 32.3 Å². The van der Waals surface area contributed by atoms with Gasteiger partial charge in [0.05, 0.1) is 6.10 Å². The summed E-state index contributed by atoms with van der Waals surface area (Å²) in [6.07, 6.45) is 1.32. The lowest BCUT2D eigenvalue weighted by atomic mass is 9.94. The number of hydrogen-bond acceptors (Lipinski definition) is 4. The Morgan fingerprint density at radius 1 is 1.31 bits per heavy atom. The molecule has 0 aromatic carbocycles. The maximum atomic E-state index is 11.5. The fourth-order valence-electron chi connectivity index (χ4n) is 1.50. The molecule has 0 aliphatic rings. The van der Waals surface area contributed by atoms with Crippen LogP contribution >= 0.6 is 0 Å². The van der Waals surface area contributed by atoms with Crippen molar-refractivity contribution < 1.29 is 14.3 Å². The van der Waals surface area contributed by atoms with Crippen LogP contribution in [0.4, 0.5) is 0 Å². The Hall–Kier alpha value is -0.610. The van der Waals surface area contributed by atoms with Gasteiger partial charge in [-0.2, -0.15) is 0 Å². The highest BCUT2D eigenvalue weighted by Gasteiger charge is 2.15. The van der Waals surface area contributed by atoms with Gasteiger partial charge < -0.3 is 15.2 Å². The minimum absolute atomic E-state index is 0.0506. The maximum Gasteiger partial charge on any atom is 0.306 e. The molecule has 0 bridgehead atoms. The first-order chi connectivity index (χ1) is 7.49. The molecular weight excluding hydrogens is 206 g/mol. The Bertz CT molecular complexity index is 195. The third kappa shape index (κ3) is 7.65. The fourth-order valence-corrected chi connectivity index (χ4v) is 1.50. The number of rotatable bonds is 8. The van der Waals surface area contributed by atoms with E-state index in [0.717, 1.165) is 6.42 Å². The largest absolute Gasteiger partial charge is 0.463 e. The average molecular weight is 231 g/mol. The Kier molecular flexibility index (Phi) is 8.21. The van der Waals surface area contributed by atoms with E-state index < -0.39 is 0 Å². The van der Waals surface area contributed by atoms with Crippen molar-refractivity contribution >= 4 is 5.97 Å². The van der Waals surface area contributed by atoms with Gasteiger partial charge in [0.15, 0.2) is 0 Å². The highest BCUT2D eigenvalue weighted by atomic mass is 16.6. The number of methoxy groups -OCH3 is 1. The van der Waals surface area contributed by atoms with Crippen LogP contribution in [0.2, 0.25) is 0 Å². The molecule has 2 atom stereocenters. The number of carbonyl (C=O) groups is 1. The smallest absolute Gasteiger partial charge is 0.306 e. The molecule has 0 unspecified atom stereocenters. The lowest BCUT2D eigenvalue weighted by molar-refractivity contribution is -0.148. The standard InChI is InChI=1S/C12H25NO3/c1-9(2)5-11(7-13)6-12(14)16-8-10(3)15-4/h9-11H,5-8,13H2,1-4H3/t10-,11+/m1/s1. The fraction of sp³-hybridized carbons (Fsp3) is 0.917. The van der Waals surface area contributed by atoms with E-state index in [-0.39, 0.29) is 18.0 Å². The van der Waals surface area contributed by atoms with Crippen molar-refractivity contribution in [2.45, 2.75) is 39.7 Å². The minimum Gasteiger partial charge on any atom is -0.463 e. The summed E-state index contributed by atoms with van der Waals surface area (Å²) in [5.41, 5.74) is 5.62. The maximum absolute atomic E-state index is 11.5. The lowest BCUT2D eigenvalue weighted by Crippen LogP contribution is -2.23. The van der Waals surface area contributed by atoms with E-state index in [1.165, 1.54) is 0 Å². The molecule has 16 heavy (non-hydrogen) atoms. The van der Waals surface area contributed by atoms with Gasteiger partial charge in [-0.25, -0.2) is 0 Å². The van der Waals surface area contributed by atoms with Gasteiger partial charge in [-0.3, -0.25) is 4.79 Å². The molecule has 0 fully saturated rings. The molecule has 0 saturated carbocycles. The summed E-state index contributed by atoms with van der Waals surface area (Å²) in [7, 11) is 1.60. The summed E-state index contributed by atoms with van der Waals surface area (Å²) >= 11 is 0. The van der Waals surface area contributed by atoms with Crippen molar-refractivity contribution in [1.29, 1.82) is 0 Å². The van der Waals surface area contributed by atoms with Gasteiger partial charge in [0, 0.05) is 13.5 Å². The highest BCUT2D eigenvalue weighted by Crippen LogP contribution is 2.14. The van der Waals surface area contributed by atoms with Crippen LogP contribution in [0.5, 0.6) is 0 Å². The summed E-state index contributed by atoms with van der Waals surface area (Å²) < 4.78 is 10.1. The van der Waals surface area contributed by atoms with Crippen molar-refractivity contribution in [2.75, 3.05) is 20.3 Å². The van der Waals surface area contributed by atoms with Crippen molar-refractivity contribution in [3.05, 3.63) is 0 Å². The molecule has 0 aromatic rings. The Balaban J connectivity index is 3.82. The second kappa shape index (κ2) is 8.53. The summed E-state index contributed by atoms with van der Waals surface area (Å²) in [5, 5.41) is 0. The zero-order chi connectivity index (χ0) is 12.6. The molecule has 0 aliphatic heterocycles. The molecule has 4 heteroatoms. The number of hydrogen-bond donors (Lipinski definition) is 1. The van der Waals surface area contributed by atoms with E-state index in [4.69, 9.17) is 15.2 Å². The number of carbonyl (C=O) groups excluding carboxylic acids is 1.